The van der Waals surface area contributed by atoms with Crippen molar-refractivity contribution in [3.63, 3.8) is 0 Å². The Hall–Kier alpha value is -1.07. The third-order valence-electron chi connectivity index (χ3n) is 4.00. The monoisotopic (exact) mass is 333 g/mol. The van der Waals surface area contributed by atoms with Crippen LogP contribution in [0.1, 0.15) is 18.4 Å². The summed E-state index contributed by atoms with van der Waals surface area (Å²) < 4.78 is 1.10. The summed E-state index contributed by atoms with van der Waals surface area (Å²) in [5.41, 5.74) is 3.02. The number of nitrogens with zero attached hydrogens (tertiary/aromatic N) is 3. The Balaban J connectivity index is 1.84. The standard InChI is InChI=1S/C14H12BrN3S/c15-9-1-2-11-12(5-9)18(8-14(11)3-4-14)13-16-6-10(19)7-17-13/h1-2,5-7,19H,3-4,8H2. The Morgan fingerprint density at radius 3 is 2.63 bits per heavy atom. The molecule has 1 aromatic carbocycles. The molecule has 0 amide bonds. The van der Waals surface area contributed by atoms with E-state index >= 15 is 0 Å². The summed E-state index contributed by atoms with van der Waals surface area (Å²) in [5, 5.41) is 0. The summed E-state index contributed by atoms with van der Waals surface area (Å²) in [6.45, 7) is 0.991. The highest BCUT2D eigenvalue weighted by Gasteiger charge is 2.52. The van der Waals surface area contributed by atoms with Crippen molar-refractivity contribution >= 4 is 40.2 Å². The smallest absolute Gasteiger partial charge is 0.229 e. The molecule has 5 heteroatoms. The summed E-state index contributed by atoms with van der Waals surface area (Å²) in [7, 11) is 0. The Morgan fingerprint density at radius 1 is 1.21 bits per heavy atom. The quantitative estimate of drug-likeness (QED) is 0.806. The van der Waals surface area contributed by atoms with Crippen LogP contribution < -0.4 is 4.90 Å². The van der Waals surface area contributed by atoms with E-state index in [0.29, 0.717) is 5.41 Å². The molecule has 2 heterocycles. The number of fused-ring (bicyclic) bond motifs is 2. The number of benzene rings is 1. The zero-order valence-corrected chi connectivity index (χ0v) is 12.7. The molecule has 1 aliphatic carbocycles. The highest BCUT2D eigenvalue weighted by molar-refractivity contribution is 9.10. The highest BCUT2D eigenvalue weighted by atomic mass is 79.9. The summed E-state index contributed by atoms with van der Waals surface area (Å²) in [5.74, 6) is 0.765. The van der Waals surface area contributed by atoms with Crippen molar-refractivity contribution in [1.82, 2.24) is 9.97 Å². The number of halogens is 1. The van der Waals surface area contributed by atoms with Gasteiger partial charge in [-0.15, -0.1) is 12.6 Å². The molecule has 1 spiro atoms. The van der Waals surface area contributed by atoms with Gasteiger partial charge in [0, 0.05) is 39.4 Å². The molecule has 1 fully saturated rings. The first kappa shape index (κ1) is 11.7. The lowest BCUT2D eigenvalue weighted by atomic mass is 9.99. The molecule has 2 aliphatic rings. The fourth-order valence-corrected chi connectivity index (χ4v) is 3.32. The van der Waals surface area contributed by atoms with Crippen molar-refractivity contribution in [3.05, 3.63) is 40.6 Å². The molecule has 0 bridgehead atoms. The van der Waals surface area contributed by atoms with E-state index in [1.165, 1.54) is 24.1 Å². The summed E-state index contributed by atoms with van der Waals surface area (Å²) in [6, 6.07) is 6.53. The van der Waals surface area contributed by atoms with Gasteiger partial charge in [-0.1, -0.05) is 22.0 Å². The van der Waals surface area contributed by atoms with Gasteiger partial charge in [0.05, 0.1) is 0 Å². The number of thiol groups is 1. The molecule has 0 N–H and O–H groups in total. The van der Waals surface area contributed by atoms with E-state index in [0.717, 1.165) is 21.9 Å². The van der Waals surface area contributed by atoms with Gasteiger partial charge in [-0.05, 0) is 30.5 Å². The van der Waals surface area contributed by atoms with Crippen LogP contribution in [0.5, 0.6) is 0 Å². The highest BCUT2D eigenvalue weighted by Crippen LogP contribution is 2.57. The minimum absolute atomic E-state index is 0.346. The summed E-state index contributed by atoms with van der Waals surface area (Å²) in [6.07, 6.45) is 6.04. The van der Waals surface area contributed by atoms with E-state index in [-0.39, 0.29) is 0 Å². The van der Waals surface area contributed by atoms with E-state index < -0.39 is 0 Å². The van der Waals surface area contributed by atoms with E-state index in [2.05, 4.69) is 61.6 Å². The van der Waals surface area contributed by atoms with Crippen LogP contribution in [0.3, 0.4) is 0 Å². The molecular formula is C14H12BrN3S. The second-order valence-corrected chi connectivity index (χ2v) is 6.70. The molecule has 0 saturated heterocycles. The molecular weight excluding hydrogens is 322 g/mol. The third-order valence-corrected chi connectivity index (χ3v) is 4.73. The number of hydrogen-bond donors (Lipinski definition) is 1. The molecule has 2 aromatic rings. The van der Waals surface area contributed by atoms with Crippen LogP contribution in [0.4, 0.5) is 11.6 Å². The molecule has 1 aliphatic heterocycles. The molecule has 4 rings (SSSR count). The molecule has 1 aromatic heterocycles. The zero-order chi connectivity index (χ0) is 13.0. The predicted octanol–water partition coefficient (Wildman–Crippen LogP) is 3.71. The molecule has 1 saturated carbocycles. The first-order valence-electron chi connectivity index (χ1n) is 6.27. The number of anilines is 2. The van der Waals surface area contributed by atoms with Crippen LogP contribution >= 0.6 is 28.6 Å². The second-order valence-electron chi connectivity index (χ2n) is 5.27. The van der Waals surface area contributed by atoms with Gasteiger partial charge in [0.15, 0.2) is 0 Å². The maximum atomic E-state index is 4.41. The Labute approximate surface area is 125 Å². The van der Waals surface area contributed by atoms with Crippen LogP contribution in [0.15, 0.2) is 40.0 Å². The van der Waals surface area contributed by atoms with Crippen molar-refractivity contribution in [2.45, 2.75) is 23.2 Å². The molecule has 0 atom stereocenters. The average molecular weight is 334 g/mol. The molecule has 3 nitrogen and oxygen atoms in total. The van der Waals surface area contributed by atoms with Crippen LogP contribution in [0.2, 0.25) is 0 Å². The van der Waals surface area contributed by atoms with Gasteiger partial charge in [-0.25, -0.2) is 9.97 Å². The fourth-order valence-electron chi connectivity index (χ4n) is 2.86. The third kappa shape index (κ3) is 1.79. The molecule has 19 heavy (non-hydrogen) atoms. The largest absolute Gasteiger partial charge is 0.309 e. The van der Waals surface area contributed by atoms with E-state index in [4.69, 9.17) is 0 Å². The topological polar surface area (TPSA) is 29.0 Å². The zero-order valence-electron chi connectivity index (χ0n) is 10.2. The predicted molar refractivity (Wildman–Crippen MR) is 81.3 cm³/mol. The Kier molecular flexibility index (Phi) is 2.45. The van der Waals surface area contributed by atoms with Gasteiger partial charge in [0.1, 0.15) is 0 Å². The van der Waals surface area contributed by atoms with Crippen LogP contribution in [-0.2, 0) is 5.41 Å². The first-order chi connectivity index (χ1) is 9.18. The van der Waals surface area contributed by atoms with Crippen molar-refractivity contribution in [1.29, 1.82) is 0 Å². The van der Waals surface area contributed by atoms with E-state index in [1.54, 1.807) is 12.4 Å². The summed E-state index contributed by atoms with van der Waals surface area (Å²) >= 11 is 7.80. The normalized spacial score (nSPS) is 18.7. The van der Waals surface area contributed by atoms with Crippen molar-refractivity contribution < 1.29 is 0 Å². The maximum Gasteiger partial charge on any atom is 0.229 e. The Morgan fingerprint density at radius 2 is 1.95 bits per heavy atom. The SMILES string of the molecule is Sc1cnc(N2CC3(CC3)c3ccc(Br)cc32)nc1. The Bertz CT molecular complexity index is 652. The van der Waals surface area contributed by atoms with Gasteiger partial charge in [-0.3, -0.25) is 0 Å². The van der Waals surface area contributed by atoms with E-state index in [9.17, 15) is 0 Å². The maximum absolute atomic E-state index is 4.41. The van der Waals surface area contributed by atoms with Crippen molar-refractivity contribution in [2.24, 2.45) is 0 Å². The van der Waals surface area contributed by atoms with Crippen LogP contribution in [0.25, 0.3) is 0 Å². The number of aromatic nitrogens is 2. The van der Waals surface area contributed by atoms with Crippen LogP contribution in [-0.4, -0.2) is 16.5 Å². The van der Waals surface area contributed by atoms with Crippen LogP contribution in [0, 0.1) is 0 Å². The second kappa shape index (κ2) is 3.96. The minimum atomic E-state index is 0.346. The van der Waals surface area contributed by atoms with Gasteiger partial charge in [0.2, 0.25) is 5.95 Å². The molecule has 0 unspecified atom stereocenters. The summed E-state index contributed by atoms with van der Waals surface area (Å²) in [4.78, 5) is 11.8. The van der Waals surface area contributed by atoms with Crippen molar-refractivity contribution in [3.8, 4) is 0 Å². The van der Waals surface area contributed by atoms with Gasteiger partial charge in [0.25, 0.3) is 0 Å². The lowest BCUT2D eigenvalue weighted by Crippen LogP contribution is -2.21. The molecule has 96 valence electrons. The number of rotatable bonds is 1. The van der Waals surface area contributed by atoms with Gasteiger partial charge in [-0.2, -0.15) is 0 Å². The van der Waals surface area contributed by atoms with Gasteiger partial charge < -0.3 is 4.90 Å². The minimum Gasteiger partial charge on any atom is -0.309 e. The van der Waals surface area contributed by atoms with E-state index in [1.807, 2.05) is 0 Å². The molecule has 0 radical (unpaired) electrons. The van der Waals surface area contributed by atoms with Crippen molar-refractivity contribution in [2.75, 3.05) is 11.4 Å². The average Bonchev–Trinajstić information content (AvgIpc) is 3.10. The lowest BCUT2D eigenvalue weighted by Gasteiger charge is -2.17. The lowest BCUT2D eigenvalue weighted by molar-refractivity contribution is 0.734. The van der Waals surface area contributed by atoms with Gasteiger partial charge >= 0.3 is 0 Å². The number of hydrogen-bond acceptors (Lipinski definition) is 4. The fraction of sp³-hybridized carbons (Fsp3) is 0.286. The first-order valence-corrected chi connectivity index (χ1v) is 7.51.